The molecule has 0 unspecified atom stereocenters. The van der Waals surface area contributed by atoms with Crippen molar-refractivity contribution in [1.29, 1.82) is 0 Å². The Kier molecular flexibility index (Phi) is 3.48. The van der Waals surface area contributed by atoms with Crippen molar-refractivity contribution in [1.82, 2.24) is 0 Å². The van der Waals surface area contributed by atoms with Crippen molar-refractivity contribution < 1.29 is 26.3 Å². The van der Waals surface area contributed by atoms with Crippen LogP contribution in [0.3, 0.4) is 0 Å². The van der Waals surface area contributed by atoms with Gasteiger partial charge in [0.05, 0.1) is 12.2 Å². The highest BCUT2D eigenvalue weighted by molar-refractivity contribution is 7.82. The van der Waals surface area contributed by atoms with E-state index in [0.717, 1.165) is 0 Å². The number of carbonyl (C=O) groups excluding carboxylic acids is 1. The Balaban J connectivity index is 1.56. The number of carbonyl (C=O) groups is 1. The fourth-order valence-corrected chi connectivity index (χ4v) is 3.83. The minimum Gasteiger partial charge on any atom is -0.462 e. The highest BCUT2D eigenvalue weighted by Gasteiger charge is 2.57. The number of fused-ring (bicyclic) bond motifs is 1. The van der Waals surface area contributed by atoms with Crippen LogP contribution < -0.4 is 5.73 Å². The molecule has 7 nitrogen and oxygen atoms in total. The molecule has 0 radical (unpaired) electrons. The van der Waals surface area contributed by atoms with Crippen LogP contribution in [-0.4, -0.2) is 32.8 Å². The summed E-state index contributed by atoms with van der Waals surface area (Å²) in [4.78, 5) is 11.8. The lowest BCUT2D eigenvalue weighted by molar-refractivity contribution is 0.0402. The Bertz CT molecular complexity index is 646. The second kappa shape index (κ2) is 5.06. The number of esters is 1. The monoisotopic (exact) mass is 313 g/mol. The third-order valence-electron chi connectivity index (χ3n) is 3.65. The molecule has 2 N–H and O–H groups in total. The maximum absolute atomic E-state index is 11.8. The predicted molar refractivity (Wildman–Crippen MR) is 71.2 cm³/mol. The zero-order chi connectivity index (χ0) is 15.1. The molecule has 0 bridgehead atoms. The first-order valence-corrected chi connectivity index (χ1v) is 7.86. The van der Waals surface area contributed by atoms with Gasteiger partial charge in [-0.1, -0.05) is 18.2 Å². The normalized spacial score (nSPS) is 33.6. The number of benzene rings is 1. The van der Waals surface area contributed by atoms with E-state index in [2.05, 4.69) is 0 Å². The van der Waals surface area contributed by atoms with Crippen molar-refractivity contribution in [2.24, 2.45) is 11.7 Å². The van der Waals surface area contributed by atoms with Gasteiger partial charge in [0.25, 0.3) is 0 Å². The van der Waals surface area contributed by atoms with Crippen LogP contribution >= 0.6 is 0 Å². The van der Waals surface area contributed by atoms with E-state index < -0.39 is 28.2 Å². The molecule has 1 saturated heterocycles. The molecule has 0 spiro atoms. The van der Waals surface area contributed by atoms with Crippen molar-refractivity contribution in [2.45, 2.75) is 24.7 Å². The van der Waals surface area contributed by atoms with Crippen LogP contribution in [-0.2, 0) is 23.5 Å². The summed E-state index contributed by atoms with van der Waals surface area (Å²) in [6.07, 6.45) is -0.0838. The van der Waals surface area contributed by atoms with Gasteiger partial charge in [0.15, 0.2) is 5.72 Å². The molecule has 2 aliphatic rings. The zero-order valence-corrected chi connectivity index (χ0v) is 11.9. The van der Waals surface area contributed by atoms with Gasteiger partial charge in [-0.15, -0.1) is 0 Å². The van der Waals surface area contributed by atoms with Crippen LogP contribution in [0.2, 0.25) is 0 Å². The Labute approximate surface area is 122 Å². The van der Waals surface area contributed by atoms with E-state index in [1.165, 1.54) is 0 Å². The van der Waals surface area contributed by atoms with Gasteiger partial charge in [0, 0.05) is 0 Å². The van der Waals surface area contributed by atoms with E-state index in [9.17, 15) is 13.2 Å². The van der Waals surface area contributed by atoms with Crippen LogP contribution in [0.4, 0.5) is 0 Å². The first-order chi connectivity index (χ1) is 9.88. The summed E-state index contributed by atoms with van der Waals surface area (Å²) in [5.74, 6) is -0.517. The van der Waals surface area contributed by atoms with Crippen molar-refractivity contribution in [3.8, 4) is 0 Å². The van der Waals surface area contributed by atoms with Gasteiger partial charge in [0.1, 0.15) is 6.10 Å². The summed E-state index contributed by atoms with van der Waals surface area (Å²) in [5, 5.41) is 0. The minimum absolute atomic E-state index is 0.0943. The first kappa shape index (κ1) is 14.5. The predicted octanol–water partition coefficient (Wildman–Crippen LogP) is 0.569. The first-order valence-electron chi connectivity index (χ1n) is 6.53. The van der Waals surface area contributed by atoms with E-state index in [1.807, 2.05) is 6.07 Å². The average molecular weight is 313 g/mol. The lowest BCUT2D eigenvalue weighted by atomic mass is 10.1. The second-order valence-corrected chi connectivity index (χ2v) is 6.48. The van der Waals surface area contributed by atoms with Gasteiger partial charge in [-0.25, -0.2) is 13.2 Å². The molecule has 2 fully saturated rings. The summed E-state index contributed by atoms with van der Waals surface area (Å²) >= 11 is 0. The molecular weight excluding hydrogens is 298 g/mol. The van der Waals surface area contributed by atoms with Crippen LogP contribution in [0.5, 0.6) is 0 Å². The molecule has 1 aromatic carbocycles. The molecule has 3 rings (SSSR count). The fraction of sp³-hybridized carbons (Fsp3) is 0.462. The second-order valence-electron chi connectivity index (χ2n) is 5.30. The van der Waals surface area contributed by atoms with Crippen molar-refractivity contribution in [3.05, 3.63) is 35.9 Å². The molecule has 1 aliphatic heterocycles. The highest BCUT2D eigenvalue weighted by atomic mass is 32.3. The summed E-state index contributed by atoms with van der Waals surface area (Å²) in [7, 11) is -3.99. The van der Waals surface area contributed by atoms with Gasteiger partial charge in [0.2, 0.25) is 0 Å². The van der Waals surface area contributed by atoms with Crippen LogP contribution in [0.25, 0.3) is 0 Å². The van der Waals surface area contributed by atoms with E-state index in [1.54, 1.807) is 24.3 Å². The molecule has 3 atom stereocenters. The molecule has 1 saturated carbocycles. The summed E-state index contributed by atoms with van der Waals surface area (Å²) in [6, 6.07) is 8.63. The summed E-state index contributed by atoms with van der Waals surface area (Å²) in [5.41, 5.74) is 5.00. The highest BCUT2D eigenvalue weighted by Crippen LogP contribution is 2.42. The Hall–Kier alpha value is -1.48. The third-order valence-corrected chi connectivity index (χ3v) is 4.63. The van der Waals surface area contributed by atoms with Crippen molar-refractivity contribution in [2.75, 3.05) is 6.61 Å². The molecular formula is C13H15NO6S. The van der Waals surface area contributed by atoms with Gasteiger partial charge in [-0.3, -0.25) is 0 Å². The molecule has 0 aromatic heterocycles. The van der Waals surface area contributed by atoms with Crippen molar-refractivity contribution >= 4 is 16.4 Å². The summed E-state index contributed by atoms with van der Waals surface area (Å²) in [6.45, 7) is 0.149. The maximum Gasteiger partial charge on any atom is 0.402 e. The Morgan fingerprint density at radius 3 is 2.76 bits per heavy atom. The summed E-state index contributed by atoms with van der Waals surface area (Å²) < 4.78 is 37.2. The molecule has 114 valence electrons. The third kappa shape index (κ3) is 2.93. The molecule has 1 aromatic rings. The van der Waals surface area contributed by atoms with Crippen LogP contribution in [0.1, 0.15) is 23.2 Å². The maximum atomic E-state index is 11.8. The van der Waals surface area contributed by atoms with E-state index in [4.69, 9.17) is 18.8 Å². The molecule has 0 amide bonds. The quantitative estimate of drug-likeness (QED) is 0.813. The topological polar surface area (TPSA) is 105 Å². The number of hydrogen-bond acceptors (Lipinski definition) is 7. The van der Waals surface area contributed by atoms with Crippen molar-refractivity contribution in [3.63, 3.8) is 0 Å². The number of hydrogen-bond donors (Lipinski definition) is 1. The largest absolute Gasteiger partial charge is 0.462 e. The molecule has 1 heterocycles. The fourth-order valence-electron chi connectivity index (χ4n) is 2.71. The van der Waals surface area contributed by atoms with Gasteiger partial charge in [-0.2, -0.15) is 8.42 Å². The smallest absolute Gasteiger partial charge is 0.402 e. The minimum atomic E-state index is -3.99. The SMILES string of the molecule is N[C@@]12C[C@@H](COC(=O)c3ccccc3)C[C@@H]1OS(=O)(=O)O2. The van der Waals surface area contributed by atoms with Crippen LogP contribution in [0.15, 0.2) is 30.3 Å². The molecule has 1 aliphatic carbocycles. The van der Waals surface area contributed by atoms with E-state index in [0.29, 0.717) is 12.0 Å². The Morgan fingerprint density at radius 1 is 1.38 bits per heavy atom. The van der Waals surface area contributed by atoms with Gasteiger partial charge < -0.3 is 10.5 Å². The molecule has 21 heavy (non-hydrogen) atoms. The van der Waals surface area contributed by atoms with Gasteiger partial charge >= 0.3 is 16.4 Å². The van der Waals surface area contributed by atoms with E-state index >= 15 is 0 Å². The number of rotatable bonds is 3. The zero-order valence-electron chi connectivity index (χ0n) is 11.1. The number of nitrogens with two attached hydrogens (primary N) is 1. The number of ether oxygens (including phenoxy) is 1. The van der Waals surface area contributed by atoms with E-state index in [-0.39, 0.29) is 18.9 Å². The Morgan fingerprint density at radius 2 is 2.10 bits per heavy atom. The van der Waals surface area contributed by atoms with Crippen LogP contribution in [0, 0.1) is 5.92 Å². The molecule has 8 heteroatoms. The average Bonchev–Trinajstić information content (AvgIpc) is 2.82. The lowest BCUT2D eigenvalue weighted by Gasteiger charge is -2.17. The standard InChI is InChI=1S/C13H15NO6S/c14-13-7-9(6-11(13)19-21(16,17)20-13)8-18-12(15)10-4-2-1-3-5-10/h1-5,9,11H,6-8,14H2/t9-,11-,13+/m0/s1. The van der Waals surface area contributed by atoms with Gasteiger partial charge in [-0.05, 0) is 30.9 Å². The lowest BCUT2D eigenvalue weighted by Crippen LogP contribution is -2.44.